The fourth-order valence-corrected chi connectivity index (χ4v) is 3.34. The lowest BCUT2D eigenvalue weighted by molar-refractivity contribution is 0.548. The minimum atomic E-state index is 0.295. The van der Waals surface area contributed by atoms with E-state index in [1.165, 1.54) is 15.3 Å². The molecule has 1 atom stereocenters. The van der Waals surface area contributed by atoms with Crippen molar-refractivity contribution < 1.29 is 0 Å². The number of hydrogen-bond donors (Lipinski definition) is 1. The molecule has 1 aromatic carbocycles. The fourth-order valence-electron chi connectivity index (χ4n) is 2.33. The number of thiazole rings is 1. The van der Waals surface area contributed by atoms with Gasteiger partial charge >= 0.3 is 0 Å². The molecule has 0 aliphatic heterocycles. The number of nitrogens with zero attached hydrogens (tertiary/aromatic N) is 2. The first kappa shape index (κ1) is 13.2. The van der Waals surface area contributed by atoms with Crippen LogP contribution in [0.2, 0.25) is 0 Å². The van der Waals surface area contributed by atoms with Gasteiger partial charge in [0.25, 0.3) is 0 Å². The summed E-state index contributed by atoms with van der Waals surface area (Å²) in [5.74, 6) is 0. The molecule has 20 heavy (non-hydrogen) atoms. The minimum Gasteiger partial charge on any atom is -0.310 e. The zero-order valence-electron chi connectivity index (χ0n) is 11.4. The second-order valence-corrected chi connectivity index (χ2v) is 5.79. The topological polar surface area (TPSA) is 37.8 Å². The molecule has 4 heteroatoms. The summed E-state index contributed by atoms with van der Waals surface area (Å²) in [7, 11) is 0. The lowest BCUT2D eigenvalue weighted by Crippen LogP contribution is -2.22. The van der Waals surface area contributed by atoms with Gasteiger partial charge in [-0.25, -0.2) is 4.98 Å². The van der Waals surface area contributed by atoms with Crippen molar-refractivity contribution in [2.24, 2.45) is 0 Å². The van der Waals surface area contributed by atoms with Crippen molar-refractivity contribution in [3.05, 3.63) is 59.4 Å². The molecule has 0 bridgehead atoms. The predicted octanol–water partition coefficient (Wildman–Crippen LogP) is 3.58. The number of benzene rings is 1. The highest BCUT2D eigenvalue weighted by atomic mass is 32.1. The Balaban J connectivity index is 1.86. The van der Waals surface area contributed by atoms with Crippen molar-refractivity contribution >= 4 is 21.6 Å². The van der Waals surface area contributed by atoms with E-state index in [9.17, 15) is 0 Å². The molecule has 1 N–H and O–H groups in total. The van der Waals surface area contributed by atoms with Crippen molar-refractivity contribution in [3.63, 3.8) is 0 Å². The maximum absolute atomic E-state index is 4.72. The third-order valence-corrected chi connectivity index (χ3v) is 4.33. The average molecular weight is 283 g/mol. The normalized spacial score (nSPS) is 12.7. The number of aromatic nitrogens is 2. The van der Waals surface area contributed by atoms with Gasteiger partial charge in [-0.2, -0.15) is 0 Å². The molecule has 2 aromatic heterocycles. The molecular weight excluding hydrogens is 266 g/mol. The molecular formula is C16H17N3S. The molecule has 0 radical (unpaired) electrons. The van der Waals surface area contributed by atoms with E-state index in [2.05, 4.69) is 47.6 Å². The summed E-state index contributed by atoms with van der Waals surface area (Å²) >= 11 is 1.78. The van der Waals surface area contributed by atoms with Gasteiger partial charge in [0.15, 0.2) is 0 Å². The SMILES string of the molecule is CCNC(Cc1nc2ccccc2s1)c1ccncc1. The van der Waals surface area contributed by atoms with Crippen LogP contribution >= 0.6 is 11.3 Å². The van der Waals surface area contributed by atoms with Crippen molar-refractivity contribution in [1.82, 2.24) is 15.3 Å². The van der Waals surface area contributed by atoms with E-state index in [1.54, 1.807) is 11.3 Å². The van der Waals surface area contributed by atoms with Crippen molar-refractivity contribution in [1.29, 1.82) is 0 Å². The smallest absolute Gasteiger partial charge is 0.0957 e. The number of rotatable bonds is 5. The van der Waals surface area contributed by atoms with Crippen LogP contribution in [0.15, 0.2) is 48.8 Å². The third kappa shape index (κ3) is 2.86. The first-order valence-electron chi connectivity index (χ1n) is 6.84. The van der Waals surface area contributed by atoms with Crippen LogP contribution in [0.25, 0.3) is 10.2 Å². The summed E-state index contributed by atoms with van der Waals surface area (Å²) in [6, 6.07) is 12.7. The van der Waals surface area contributed by atoms with Crippen LogP contribution in [0.3, 0.4) is 0 Å². The van der Waals surface area contributed by atoms with Gasteiger partial charge in [-0.3, -0.25) is 4.98 Å². The minimum absolute atomic E-state index is 0.295. The molecule has 0 amide bonds. The van der Waals surface area contributed by atoms with Crippen molar-refractivity contribution in [2.75, 3.05) is 6.54 Å². The standard InChI is InChI=1S/C16H17N3S/c1-2-18-14(12-7-9-17-10-8-12)11-16-19-13-5-3-4-6-15(13)20-16/h3-10,14,18H,2,11H2,1H3. The molecule has 0 aliphatic carbocycles. The largest absolute Gasteiger partial charge is 0.310 e. The van der Waals surface area contributed by atoms with Gasteiger partial charge in [0.2, 0.25) is 0 Å². The molecule has 102 valence electrons. The second-order valence-electron chi connectivity index (χ2n) is 4.67. The molecule has 0 aliphatic rings. The van der Waals surface area contributed by atoms with E-state index in [-0.39, 0.29) is 0 Å². The molecule has 0 spiro atoms. The Labute approximate surface area is 122 Å². The Morgan fingerprint density at radius 1 is 1.15 bits per heavy atom. The molecule has 0 saturated heterocycles. The molecule has 3 nitrogen and oxygen atoms in total. The number of likely N-dealkylation sites (N-methyl/N-ethyl adjacent to an activating group) is 1. The summed E-state index contributed by atoms with van der Waals surface area (Å²) in [6.45, 7) is 3.07. The number of fused-ring (bicyclic) bond motifs is 1. The van der Waals surface area contributed by atoms with Gasteiger partial charge in [-0.15, -0.1) is 11.3 Å². The van der Waals surface area contributed by atoms with E-state index in [1.807, 2.05) is 18.5 Å². The zero-order chi connectivity index (χ0) is 13.8. The highest BCUT2D eigenvalue weighted by Crippen LogP contribution is 2.25. The molecule has 0 fully saturated rings. The van der Waals surface area contributed by atoms with Gasteiger partial charge in [-0.05, 0) is 36.4 Å². The number of hydrogen-bond acceptors (Lipinski definition) is 4. The monoisotopic (exact) mass is 283 g/mol. The van der Waals surface area contributed by atoms with E-state index in [0.29, 0.717) is 6.04 Å². The summed E-state index contributed by atoms with van der Waals surface area (Å²) < 4.78 is 1.26. The van der Waals surface area contributed by atoms with E-state index < -0.39 is 0 Å². The highest BCUT2D eigenvalue weighted by molar-refractivity contribution is 7.18. The van der Waals surface area contributed by atoms with E-state index >= 15 is 0 Å². The lowest BCUT2D eigenvalue weighted by Gasteiger charge is -2.16. The van der Waals surface area contributed by atoms with Gasteiger partial charge in [0, 0.05) is 24.9 Å². The van der Waals surface area contributed by atoms with Crippen LogP contribution in [0, 0.1) is 0 Å². The summed E-state index contributed by atoms with van der Waals surface area (Å²) in [4.78, 5) is 8.81. The van der Waals surface area contributed by atoms with Crippen LogP contribution in [0.1, 0.15) is 23.5 Å². The van der Waals surface area contributed by atoms with Crippen LogP contribution in [0.5, 0.6) is 0 Å². The maximum Gasteiger partial charge on any atom is 0.0957 e. The quantitative estimate of drug-likeness (QED) is 0.777. The molecule has 3 rings (SSSR count). The first-order valence-corrected chi connectivity index (χ1v) is 7.66. The zero-order valence-corrected chi connectivity index (χ0v) is 12.2. The average Bonchev–Trinajstić information content (AvgIpc) is 2.90. The lowest BCUT2D eigenvalue weighted by atomic mass is 10.1. The summed E-state index contributed by atoms with van der Waals surface area (Å²) in [6.07, 6.45) is 4.60. The maximum atomic E-state index is 4.72. The molecule has 2 heterocycles. The van der Waals surface area contributed by atoms with E-state index in [0.717, 1.165) is 18.5 Å². The number of pyridine rings is 1. The summed E-state index contributed by atoms with van der Waals surface area (Å²) in [5.41, 5.74) is 2.36. The Morgan fingerprint density at radius 2 is 1.95 bits per heavy atom. The van der Waals surface area contributed by atoms with Gasteiger partial charge in [0.1, 0.15) is 0 Å². The van der Waals surface area contributed by atoms with Gasteiger partial charge in [0.05, 0.1) is 15.2 Å². The van der Waals surface area contributed by atoms with Crippen molar-refractivity contribution in [2.45, 2.75) is 19.4 Å². The second kappa shape index (κ2) is 6.11. The van der Waals surface area contributed by atoms with Gasteiger partial charge in [-0.1, -0.05) is 19.1 Å². The Bertz CT molecular complexity index is 645. The fraction of sp³-hybridized carbons (Fsp3) is 0.250. The Morgan fingerprint density at radius 3 is 2.70 bits per heavy atom. The van der Waals surface area contributed by atoms with Crippen LogP contribution in [-0.4, -0.2) is 16.5 Å². The van der Waals surface area contributed by atoms with Crippen molar-refractivity contribution in [3.8, 4) is 0 Å². The Hall–Kier alpha value is -1.78. The highest BCUT2D eigenvalue weighted by Gasteiger charge is 2.13. The van der Waals surface area contributed by atoms with Crippen LogP contribution in [-0.2, 0) is 6.42 Å². The molecule has 1 unspecified atom stereocenters. The predicted molar refractivity (Wildman–Crippen MR) is 84.0 cm³/mol. The number of para-hydroxylation sites is 1. The van der Waals surface area contributed by atoms with Gasteiger partial charge < -0.3 is 5.32 Å². The van der Waals surface area contributed by atoms with Crippen LogP contribution < -0.4 is 5.32 Å². The first-order chi connectivity index (χ1) is 9.86. The number of nitrogens with one attached hydrogen (secondary N) is 1. The third-order valence-electron chi connectivity index (χ3n) is 3.28. The summed E-state index contributed by atoms with van der Waals surface area (Å²) in [5, 5.41) is 4.71. The van der Waals surface area contributed by atoms with Crippen LogP contribution in [0.4, 0.5) is 0 Å². The molecule has 0 saturated carbocycles. The van der Waals surface area contributed by atoms with E-state index in [4.69, 9.17) is 4.98 Å². The molecule has 3 aromatic rings. The Kier molecular flexibility index (Phi) is 4.04.